The van der Waals surface area contributed by atoms with E-state index < -0.39 is 5.60 Å². The molecule has 2 aliphatic heterocycles. The number of ether oxygens (including phenoxy) is 1. The largest absolute Gasteiger partial charge is 0.445 e. The predicted octanol–water partition coefficient (Wildman–Crippen LogP) is 4.39. The first-order valence-corrected chi connectivity index (χ1v) is 10.2. The van der Waals surface area contributed by atoms with Gasteiger partial charge in [-0.1, -0.05) is 48.5 Å². The van der Waals surface area contributed by atoms with Crippen molar-refractivity contribution >= 4 is 16.9 Å². The third-order valence-electron chi connectivity index (χ3n) is 6.37. The summed E-state index contributed by atoms with van der Waals surface area (Å²) in [5.74, 6) is 0. The highest BCUT2D eigenvalue weighted by Crippen LogP contribution is 2.47. The summed E-state index contributed by atoms with van der Waals surface area (Å²) in [6.45, 7) is 0.273. The molecule has 29 heavy (non-hydrogen) atoms. The first-order chi connectivity index (χ1) is 14.1. The average Bonchev–Trinajstić information content (AvgIpc) is 3.04. The number of aliphatic hydroxyl groups is 1. The lowest BCUT2D eigenvalue weighted by Crippen LogP contribution is -2.52. The molecule has 3 heterocycles. The van der Waals surface area contributed by atoms with Crippen molar-refractivity contribution in [2.45, 2.75) is 50.0 Å². The van der Waals surface area contributed by atoms with Crippen LogP contribution in [0.25, 0.3) is 10.8 Å². The van der Waals surface area contributed by atoms with Gasteiger partial charge in [0.1, 0.15) is 6.61 Å². The molecule has 1 amide bonds. The average molecular weight is 388 g/mol. The number of hydrogen-bond acceptors (Lipinski definition) is 4. The van der Waals surface area contributed by atoms with Crippen LogP contribution in [0.3, 0.4) is 0 Å². The van der Waals surface area contributed by atoms with E-state index in [2.05, 4.69) is 4.98 Å². The molecular weight excluding hydrogens is 364 g/mol. The second-order valence-electron chi connectivity index (χ2n) is 8.17. The number of amides is 1. The van der Waals surface area contributed by atoms with Gasteiger partial charge in [0.15, 0.2) is 0 Å². The van der Waals surface area contributed by atoms with Gasteiger partial charge in [0.25, 0.3) is 0 Å². The maximum absolute atomic E-state index is 12.8. The van der Waals surface area contributed by atoms with Gasteiger partial charge in [0.05, 0.1) is 5.60 Å². The van der Waals surface area contributed by atoms with Gasteiger partial charge in [-0.15, -0.1) is 0 Å². The van der Waals surface area contributed by atoms with Crippen molar-refractivity contribution in [3.05, 3.63) is 78.1 Å². The monoisotopic (exact) mass is 388 g/mol. The van der Waals surface area contributed by atoms with E-state index in [1.807, 2.05) is 65.7 Å². The topological polar surface area (TPSA) is 62.7 Å². The van der Waals surface area contributed by atoms with Gasteiger partial charge in [-0.3, -0.25) is 4.98 Å². The van der Waals surface area contributed by atoms with Crippen LogP contribution in [0.5, 0.6) is 0 Å². The minimum absolute atomic E-state index is 0.00560. The maximum Gasteiger partial charge on any atom is 0.410 e. The minimum Gasteiger partial charge on any atom is -0.445 e. The van der Waals surface area contributed by atoms with Crippen molar-refractivity contribution in [1.82, 2.24) is 9.88 Å². The van der Waals surface area contributed by atoms with Crippen LogP contribution in [0.2, 0.25) is 0 Å². The normalized spacial score (nSPS) is 25.9. The highest BCUT2D eigenvalue weighted by molar-refractivity contribution is 5.85. The zero-order valence-corrected chi connectivity index (χ0v) is 16.2. The van der Waals surface area contributed by atoms with Crippen LogP contribution in [0.4, 0.5) is 4.79 Å². The highest BCUT2D eigenvalue weighted by atomic mass is 16.6. The van der Waals surface area contributed by atoms with Gasteiger partial charge in [-0.2, -0.15) is 0 Å². The van der Waals surface area contributed by atoms with Gasteiger partial charge in [-0.25, -0.2) is 4.79 Å². The Morgan fingerprint density at radius 2 is 1.83 bits per heavy atom. The van der Waals surface area contributed by atoms with E-state index in [1.165, 1.54) is 0 Å². The number of benzene rings is 2. The molecule has 2 fully saturated rings. The van der Waals surface area contributed by atoms with E-state index in [-0.39, 0.29) is 24.8 Å². The number of rotatable bonds is 3. The number of piperidine rings is 1. The van der Waals surface area contributed by atoms with Crippen LogP contribution in [0, 0.1) is 0 Å². The first-order valence-electron chi connectivity index (χ1n) is 10.2. The van der Waals surface area contributed by atoms with E-state index in [1.54, 1.807) is 6.20 Å². The van der Waals surface area contributed by atoms with Crippen LogP contribution in [0.15, 0.2) is 67.0 Å². The Hall–Kier alpha value is -2.92. The van der Waals surface area contributed by atoms with Gasteiger partial charge in [0, 0.05) is 42.7 Å². The quantitative estimate of drug-likeness (QED) is 0.723. The third-order valence-corrected chi connectivity index (χ3v) is 6.37. The zero-order chi connectivity index (χ0) is 19.8. The SMILES string of the molecule is O=C(OCc1ccccc1)N1C2CCC1CC(O)(c1cccc3ccncc13)C2. The molecule has 2 aliphatic rings. The summed E-state index contributed by atoms with van der Waals surface area (Å²) in [7, 11) is 0. The molecule has 0 aliphatic carbocycles. The van der Waals surface area contributed by atoms with Gasteiger partial charge < -0.3 is 14.7 Å². The van der Waals surface area contributed by atoms with Gasteiger partial charge in [0.2, 0.25) is 0 Å². The molecule has 5 heteroatoms. The number of carbonyl (C=O) groups excluding carboxylic acids is 1. The summed E-state index contributed by atoms with van der Waals surface area (Å²) in [6, 6.07) is 17.7. The van der Waals surface area contributed by atoms with Crippen molar-refractivity contribution in [1.29, 1.82) is 0 Å². The van der Waals surface area contributed by atoms with E-state index in [0.29, 0.717) is 12.8 Å². The first kappa shape index (κ1) is 18.1. The fourth-order valence-corrected chi connectivity index (χ4v) is 5.06. The van der Waals surface area contributed by atoms with Crippen LogP contribution in [-0.4, -0.2) is 33.2 Å². The van der Waals surface area contributed by atoms with Gasteiger partial charge >= 0.3 is 6.09 Å². The summed E-state index contributed by atoms with van der Waals surface area (Å²) in [4.78, 5) is 18.9. The Kier molecular flexibility index (Phi) is 4.47. The second kappa shape index (κ2) is 7.16. The van der Waals surface area contributed by atoms with Crippen LogP contribution >= 0.6 is 0 Å². The Balaban J connectivity index is 1.36. The summed E-state index contributed by atoms with van der Waals surface area (Å²) in [5.41, 5.74) is 0.937. The van der Waals surface area contributed by atoms with Gasteiger partial charge in [-0.05, 0) is 35.4 Å². The van der Waals surface area contributed by atoms with Crippen molar-refractivity contribution in [3.8, 4) is 0 Å². The Labute approximate surface area is 169 Å². The number of fused-ring (bicyclic) bond motifs is 3. The van der Waals surface area contributed by atoms with Crippen molar-refractivity contribution in [2.75, 3.05) is 0 Å². The van der Waals surface area contributed by atoms with Crippen molar-refractivity contribution < 1.29 is 14.6 Å². The molecule has 1 aromatic heterocycles. The number of nitrogens with zero attached hydrogens (tertiary/aromatic N) is 2. The van der Waals surface area contributed by atoms with Crippen LogP contribution in [0.1, 0.15) is 36.8 Å². The zero-order valence-electron chi connectivity index (χ0n) is 16.2. The summed E-state index contributed by atoms with van der Waals surface area (Å²) in [5, 5.41) is 13.7. The molecule has 148 valence electrons. The second-order valence-corrected chi connectivity index (χ2v) is 8.17. The molecule has 0 spiro atoms. The van der Waals surface area contributed by atoms with Crippen molar-refractivity contribution in [2.24, 2.45) is 0 Å². The van der Waals surface area contributed by atoms with E-state index >= 15 is 0 Å². The number of aromatic nitrogens is 1. The molecule has 5 nitrogen and oxygen atoms in total. The van der Waals surface area contributed by atoms with Crippen molar-refractivity contribution in [3.63, 3.8) is 0 Å². The fourth-order valence-electron chi connectivity index (χ4n) is 5.06. The third kappa shape index (κ3) is 3.25. The lowest BCUT2D eigenvalue weighted by atomic mass is 9.79. The lowest BCUT2D eigenvalue weighted by molar-refractivity contribution is -0.0527. The molecule has 3 aromatic rings. The van der Waals surface area contributed by atoms with Crippen LogP contribution in [-0.2, 0) is 16.9 Å². The fraction of sp³-hybridized carbons (Fsp3) is 0.333. The minimum atomic E-state index is -0.954. The number of hydrogen-bond donors (Lipinski definition) is 1. The summed E-state index contributed by atoms with van der Waals surface area (Å²) in [6.07, 6.45) is 6.17. The molecule has 0 radical (unpaired) electrons. The molecular formula is C24H24N2O3. The molecule has 2 bridgehead atoms. The van der Waals surface area contributed by atoms with E-state index in [4.69, 9.17) is 4.74 Å². The Morgan fingerprint density at radius 3 is 2.59 bits per heavy atom. The molecule has 1 N–H and O–H groups in total. The van der Waals surface area contributed by atoms with Crippen LogP contribution < -0.4 is 0 Å². The van der Waals surface area contributed by atoms with E-state index in [9.17, 15) is 9.90 Å². The molecule has 2 saturated heterocycles. The maximum atomic E-state index is 12.8. The highest BCUT2D eigenvalue weighted by Gasteiger charge is 2.51. The standard InChI is InChI=1S/C24H24N2O3/c27-23(29-16-17-5-2-1-3-6-17)26-19-9-10-20(26)14-24(28,13-19)22-8-4-7-18-11-12-25-15-21(18)22/h1-8,11-12,15,19-20,28H,9-10,13-14,16H2. The smallest absolute Gasteiger partial charge is 0.410 e. The molecule has 2 unspecified atom stereocenters. The number of carbonyl (C=O) groups is 1. The molecule has 5 rings (SSSR count). The lowest BCUT2D eigenvalue weighted by Gasteiger charge is -2.43. The summed E-state index contributed by atoms with van der Waals surface area (Å²) < 4.78 is 5.59. The summed E-state index contributed by atoms with van der Waals surface area (Å²) >= 11 is 0. The van der Waals surface area contributed by atoms with E-state index in [0.717, 1.165) is 34.7 Å². The molecule has 0 saturated carbocycles. The molecule has 2 atom stereocenters. The molecule has 2 aromatic carbocycles. The predicted molar refractivity (Wildman–Crippen MR) is 110 cm³/mol. The Morgan fingerprint density at radius 1 is 1.07 bits per heavy atom. The number of pyridine rings is 1. The Bertz CT molecular complexity index is 1020.